The number of Topliss-reactive ketones (excluding diaryl/α,β-unsaturated/α-hetero) is 1. The Labute approximate surface area is 67.6 Å². The molecular weight excluding hydrogens is 140 g/mol. The van der Waals surface area contributed by atoms with Crippen LogP contribution in [-0.2, 0) is 9.53 Å². The molecule has 0 aliphatic heterocycles. The van der Waals surface area contributed by atoms with Crippen LogP contribution in [-0.4, -0.2) is 12.4 Å². The molecule has 0 atom stereocenters. The van der Waals surface area contributed by atoms with Gasteiger partial charge in [-0.25, -0.2) is 0 Å². The minimum Gasteiger partial charge on any atom is -0.490 e. The molecule has 0 aromatic heterocycles. The summed E-state index contributed by atoms with van der Waals surface area (Å²) in [5, 5.41) is 0. The van der Waals surface area contributed by atoms with Crippen LogP contribution in [0, 0.1) is 0 Å². The van der Waals surface area contributed by atoms with Crippen molar-refractivity contribution in [2.45, 2.75) is 20.3 Å². The average Bonchev–Trinajstić information content (AvgIpc) is 1.98. The van der Waals surface area contributed by atoms with E-state index >= 15 is 0 Å². The molecule has 0 amide bonds. The van der Waals surface area contributed by atoms with Crippen LogP contribution in [0.4, 0.5) is 0 Å². The van der Waals surface area contributed by atoms with Gasteiger partial charge in [0, 0.05) is 0 Å². The summed E-state index contributed by atoms with van der Waals surface area (Å²) < 4.78 is 5.01. The summed E-state index contributed by atoms with van der Waals surface area (Å²) in [4.78, 5) is 11.0. The summed E-state index contributed by atoms with van der Waals surface area (Å²) in [6, 6.07) is 0. The van der Waals surface area contributed by atoms with Gasteiger partial charge in [-0.2, -0.15) is 0 Å². The lowest BCUT2D eigenvalue weighted by Crippen LogP contribution is -2.06. The van der Waals surface area contributed by atoms with Crippen molar-refractivity contribution in [2.75, 3.05) is 6.61 Å². The first kappa shape index (κ1) is 9.95. The van der Waals surface area contributed by atoms with Crippen molar-refractivity contribution in [3.63, 3.8) is 0 Å². The molecule has 0 fully saturated rings. The molecule has 2 nitrogen and oxygen atoms in total. The molecule has 0 spiro atoms. The van der Waals surface area contributed by atoms with E-state index in [0.717, 1.165) is 6.42 Å². The molecule has 2 heteroatoms. The fourth-order valence-electron chi connectivity index (χ4n) is 0.529. The number of ether oxygens (including phenoxy) is 1. The molecule has 0 saturated heterocycles. The average molecular weight is 154 g/mol. The molecule has 0 aromatic carbocycles. The summed E-state index contributed by atoms with van der Waals surface area (Å²) >= 11 is 0. The Morgan fingerprint density at radius 2 is 2.00 bits per heavy atom. The van der Waals surface area contributed by atoms with E-state index in [1.807, 2.05) is 6.92 Å². The van der Waals surface area contributed by atoms with Gasteiger partial charge in [-0.15, -0.1) is 0 Å². The predicted molar refractivity (Wildman–Crippen MR) is 45.2 cm³/mol. The van der Waals surface area contributed by atoms with Crippen LogP contribution in [0.5, 0.6) is 0 Å². The van der Waals surface area contributed by atoms with Gasteiger partial charge in [0.25, 0.3) is 0 Å². The van der Waals surface area contributed by atoms with Gasteiger partial charge in [-0.05, 0) is 18.9 Å². The number of ketones is 1. The maximum atomic E-state index is 11.0. The normalized spacial score (nSPS) is 8.91. The van der Waals surface area contributed by atoms with Crippen molar-refractivity contribution in [2.24, 2.45) is 0 Å². The minimum atomic E-state index is -0.196. The number of hydrogen-bond acceptors (Lipinski definition) is 2. The Balaban J connectivity index is 3.84. The maximum absolute atomic E-state index is 11.0. The highest BCUT2D eigenvalue weighted by atomic mass is 16.5. The molecule has 0 radical (unpaired) electrons. The van der Waals surface area contributed by atoms with Crippen molar-refractivity contribution in [1.29, 1.82) is 0 Å². The van der Waals surface area contributed by atoms with E-state index in [-0.39, 0.29) is 11.5 Å². The third kappa shape index (κ3) is 3.61. The second kappa shape index (κ2) is 4.72. The Hall–Kier alpha value is -1.05. The number of allylic oxidation sites excluding steroid dienone is 1. The third-order valence-corrected chi connectivity index (χ3v) is 1.12. The molecule has 0 rings (SSSR count). The maximum Gasteiger partial charge on any atom is 0.222 e. The predicted octanol–water partition coefficient (Wildman–Crippen LogP) is 2.07. The first-order chi connectivity index (χ1) is 5.09. The Morgan fingerprint density at radius 1 is 1.45 bits per heavy atom. The molecule has 11 heavy (non-hydrogen) atoms. The van der Waals surface area contributed by atoms with Gasteiger partial charge in [0.05, 0.1) is 6.61 Å². The Morgan fingerprint density at radius 3 is 2.36 bits per heavy atom. The summed E-state index contributed by atoms with van der Waals surface area (Å²) in [7, 11) is 0. The van der Waals surface area contributed by atoms with Crippen LogP contribution in [0.3, 0.4) is 0 Å². The van der Waals surface area contributed by atoms with E-state index in [0.29, 0.717) is 12.2 Å². The van der Waals surface area contributed by atoms with E-state index in [2.05, 4.69) is 13.2 Å². The lowest BCUT2D eigenvalue weighted by atomic mass is 10.2. The second-order valence-electron chi connectivity index (χ2n) is 2.38. The van der Waals surface area contributed by atoms with Gasteiger partial charge < -0.3 is 4.74 Å². The summed E-state index contributed by atoms with van der Waals surface area (Å²) in [5.41, 5.74) is 0.464. The zero-order valence-electron chi connectivity index (χ0n) is 7.14. The first-order valence-corrected chi connectivity index (χ1v) is 3.61. The molecule has 0 aliphatic carbocycles. The Bertz CT molecular complexity index is 180. The molecule has 0 heterocycles. The molecular formula is C9H14O2. The van der Waals surface area contributed by atoms with Crippen LogP contribution >= 0.6 is 0 Å². The highest BCUT2D eigenvalue weighted by Gasteiger charge is 2.07. The van der Waals surface area contributed by atoms with E-state index in [1.165, 1.54) is 0 Å². The van der Waals surface area contributed by atoms with Crippen molar-refractivity contribution < 1.29 is 9.53 Å². The van der Waals surface area contributed by atoms with E-state index in [4.69, 9.17) is 4.74 Å². The highest BCUT2D eigenvalue weighted by Crippen LogP contribution is 2.03. The van der Waals surface area contributed by atoms with Gasteiger partial charge >= 0.3 is 0 Å². The topological polar surface area (TPSA) is 26.3 Å². The largest absolute Gasteiger partial charge is 0.490 e. The van der Waals surface area contributed by atoms with Crippen molar-refractivity contribution >= 4 is 5.78 Å². The summed E-state index contributed by atoms with van der Waals surface area (Å²) in [6.07, 6.45) is 0.877. The number of rotatable bonds is 5. The van der Waals surface area contributed by atoms with Crippen LogP contribution in [0.25, 0.3) is 0 Å². The van der Waals surface area contributed by atoms with Gasteiger partial charge in [0.15, 0.2) is 5.76 Å². The Kier molecular flexibility index (Phi) is 4.27. The fraction of sp³-hybridized carbons (Fsp3) is 0.444. The molecule has 0 bridgehead atoms. The van der Waals surface area contributed by atoms with Crippen molar-refractivity contribution in [3.05, 3.63) is 24.5 Å². The highest BCUT2D eigenvalue weighted by molar-refractivity contribution is 6.05. The van der Waals surface area contributed by atoms with E-state index in [9.17, 15) is 4.79 Å². The first-order valence-electron chi connectivity index (χ1n) is 3.61. The number of hydrogen-bond donors (Lipinski definition) is 0. The van der Waals surface area contributed by atoms with Gasteiger partial charge in [-0.1, -0.05) is 20.1 Å². The summed E-state index contributed by atoms with van der Waals surface area (Å²) in [6.45, 7) is 11.1. The lowest BCUT2D eigenvalue weighted by molar-refractivity contribution is -0.115. The van der Waals surface area contributed by atoms with Crippen LogP contribution in [0.2, 0.25) is 0 Å². The SMILES string of the molecule is C=C(C)C(=O)C(=C)OCCC. The fourth-order valence-corrected chi connectivity index (χ4v) is 0.529. The minimum absolute atomic E-state index is 0.194. The molecule has 0 aromatic rings. The molecule has 0 aliphatic rings. The molecule has 62 valence electrons. The zero-order chi connectivity index (χ0) is 8.85. The van der Waals surface area contributed by atoms with Crippen molar-refractivity contribution in [1.82, 2.24) is 0 Å². The zero-order valence-corrected chi connectivity index (χ0v) is 7.14. The van der Waals surface area contributed by atoms with Crippen LogP contribution in [0.15, 0.2) is 24.5 Å². The van der Waals surface area contributed by atoms with E-state index in [1.54, 1.807) is 6.92 Å². The van der Waals surface area contributed by atoms with Crippen LogP contribution < -0.4 is 0 Å². The van der Waals surface area contributed by atoms with Gasteiger partial charge in [-0.3, -0.25) is 4.79 Å². The molecule has 0 unspecified atom stereocenters. The third-order valence-electron chi connectivity index (χ3n) is 1.12. The van der Waals surface area contributed by atoms with Gasteiger partial charge in [0.1, 0.15) is 0 Å². The summed E-state index contributed by atoms with van der Waals surface area (Å²) in [5.74, 6) is -0.00204. The lowest BCUT2D eigenvalue weighted by Gasteiger charge is -2.05. The quantitative estimate of drug-likeness (QED) is 0.447. The number of carbonyl (C=O) groups excluding carboxylic acids is 1. The second-order valence-corrected chi connectivity index (χ2v) is 2.38. The smallest absolute Gasteiger partial charge is 0.222 e. The van der Waals surface area contributed by atoms with Crippen molar-refractivity contribution in [3.8, 4) is 0 Å². The standard InChI is InChI=1S/C9H14O2/c1-5-6-11-8(4)9(10)7(2)3/h2,4-6H2,1,3H3. The van der Waals surface area contributed by atoms with E-state index < -0.39 is 0 Å². The van der Waals surface area contributed by atoms with Gasteiger partial charge in [0.2, 0.25) is 5.78 Å². The monoisotopic (exact) mass is 154 g/mol. The molecule has 0 saturated carbocycles. The number of carbonyl (C=O) groups is 1. The van der Waals surface area contributed by atoms with Crippen LogP contribution in [0.1, 0.15) is 20.3 Å². The molecule has 0 N–H and O–H groups in total.